The van der Waals surface area contributed by atoms with Crippen molar-refractivity contribution in [2.45, 2.75) is 49.6 Å². The minimum atomic E-state index is -4.25. The fourth-order valence-corrected chi connectivity index (χ4v) is 6.46. The number of rotatable bonds is 6. The SMILES string of the molecule is CC1(C)CN(S(=O)(=O)c2cc(F)cc(F)c2)Cc2c(NC(=O)c3cccnc3NC3CCOCC3)n[nH]c21. The number of hydrogen-bond acceptors (Lipinski definition) is 7. The molecule has 0 unspecified atom stereocenters. The molecule has 202 valence electrons. The molecule has 1 aromatic carbocycles. The van der Waals surface area contributed by atoms with Crippen molar-refractivity contribution in [3.8, 4) is 0 Å². The molecule has 2 aromatic heterocycles. The van der Waals surface area contributed by atoms with Crippen LogP contribution in [0, 0.1) is 11.6 Å². The molecule has 1 fully saturated rings. The molecule has 13 heteroatoms. The zero-order valence-electron chi connectivity index (χ0n) is 20.9. The van der Waals surface area contributed by atoms with Gasteiger partial charge in [-0.15, -0.1) is 0 Å². The Morgan fingerprint density at radius 1 is 1.16 bits per heavy atom. The van der Waals surface area contributed by atoms with Gasteiger partial charge in [0, 0.05) is 61.3 Å². The van der Waals surface area contributed by atoms with Gasteiger partial charge in [-0.2, -0.15) is 9.40 Å². The van der Waals surface area contributed by atoms with Crippen LogP contribution in [0.25, 0.3) is 0 Å². The monoisotopic (exact) mass is 546 g/mol. The fourth-order valence-electron chi connectivity index (χ4n) is 4.84. The number of aromatic nitrogens is 3. The number of ether oxygens (including phenoxy) is 1. The minimum absolute atomic E-state index is 0.0395. The summed E-state index contributed by atoms with van der Waals surface area (Å²) in [5.74, 6) is -1.84. The average Bonchev–Trinajstić information content (AvgIpc) is 3.27. The number of fused-ring (bicyclic) bond motifs is 1. The van der Waals surface area contributed by atoms with Gasteiger partial charge in [0.05, 0.1) is 10.5 Å². The summed E-state index contributed by atoms with van der Waals surface area (Å²) in [4.78, 5) is 17.2. The van der Waals surface area contributed by atoms with Crippen molar-refractivity contribution in [3.63, 3.8) is 0 Å². The van der Waals surface area contributed by atoms with Crippen molar-refractivity contribution in [2.75, 3.05) is 30.4 Å². The highest BCUT2D eigenvalue weighted by atomic mass is 32.2. The molecule has 0 aliphatic carbocycles. The lowest BCUT2D eigenvalue weighted by molar-refractivity contribution is 0.0903. The summed E-state index contributed by atoms with van der Waals surface area (Å²) in [6.07, 6.45) is 3.17. The second kappa shape index (κ2) is 10.0. The number of hydrogen-bond donors (Lipinski definition) is 3. The van der Waals surface area contributed by atoms with Crippen LogP contribution < -0.4 is 10.6 Å². The van der Waals surface area contributed by atoms with E-state index < -0.39 is 37.9 Å². The van der Waals surface area contributed by atoms with Gasteiger partial charge in [-0.25, -0.2) is 22.2 Å². The number of nitrogens with one attached hydrogen (secondary N) is 3. The molecule has 38 heavy (non-hydrogen) atoms. The molecule has 1 amide bonds. The Bertz CT molecular complexity index is 1450. The van der Waals surface area contributed by atoms with Crippen molar-refractivity contribution in [1.82, 2.24) is 19.5 Å². The van der Waals surface area contributed by atoms with E-state index in [2.05, 4.69) is 25.8 Å². The zero-order chi connectivity index (χ0) is 27.1. The summed E-state index contributed by atoms with van der Waals surface area (Å²) < 4.78 is 60.9. The molecule has 0 atom stereocenters. The molecular weight excluding hydrogens is 518 g/mol. The Hall–Kier alpha value is -3.42. The smallest absolute Gasteiger partial charge is 0.260 e. The van der Waals surface area contributed by atoms with E-state index >= 15 is 0 Å². The van der Waals surface area contributed by atoms with Crippen molar-refractivity contribution in [2.24, 2.45) is 0 Å². The van der Waals surface area contributed by atoms with Crippen molar-refractivity contribution in [3.05, 3.63) is 65.0 Å². The van der Waals surface area contributed by atoms with Crippen molar-refractivity contribution in [1.29, 1.82) is 0 Å². The highest BCUT2D eigenvalue weighted by Gasteiger charge is 2.41. The van der Waals surface area contributed by atoms with Crippen molar-refractivity contribution >= 4 is 27.6 Å². The Labute approximate surface area is 218 Å². The normalized spacial score (nSPS) is 18.1. The van der Waals surface area contributed by atoms with E-state index in [4.69, 9.17) is 4.74 Å². The van der Waals surface area contributed by atoms with Crippen LogP contribution in [-0.4, -0.2) is 59.6 Å². The number of pyridine rings is 1. The van der Waals surface area contributed by atoms with Crippen LogP contribution in [0.4, 0.5) is 20.4 Å². The van der Waals surface area contributed by atoms with E-state index in [-0.39, 0.29) is 24.9 Å². The molecule has 0 bridgehead atoms. The van der Waals surface area contributed by atoms with Gasteiger partial charge in [0.15, 0.2) is 5.82 Å². The zero-order valence-corrected chi connectivity index (χ0v) is 21.7. The lowest BCUT2D eigenvalue weighted by atomic mass is 9.84. The summed E-state index contributed by atoms with van der Waals surface area (Å²) >= 11 is 0. The summed E-state index contributed by atoms with van der Waals surface area (Å²) in [5, 5.41) is 13.3. The number of anilines is 2. The maximum Gasteiger partial charge on any atom is 0.260 e. The van der Waals surface area contributed by atoms with Crippen LogP contribution >= 0.6 is 0 Å². The van der Waals surface area contributed by atoms with Crippen LogP contribution in [0.1, 0.15) is 48.3 Å². The number of sulfonamides is 1. The maximum absolute atomic E-state index is 13.8. The molecule has 3 N–H and O–H groups in total. The molecule has 2 aliphatic heterocycles. The maximum atomic E-state index is 13.8. The molecule has 0 saturated carbocycles. The molecule has 0 radical (unpaired) electrons. The summed E-state index contributed by atoms with van der Waals surface area (Å²) in [7, 11) is -4.25. The predicted molar refractivity (Wildman–Crippen MR) is 135 cm³/mol. The lowest BCUT2D eigenvalue weighted by Crippen LogP contribution is -2.45. The predicted octanol–water partition coefficient (Wildman–Crippen LogP) is 3.41. The Kier molecular flexibility index (Phi) is 6.92. The number of carbonyl (C=O) groups is 1. The van der Waals surface area contributed by atoms with Gasteiger partial charge < -0.3 is 15.4 Å². The minimum Gasteiger partial charge on any atom is -0.381 e. The molecule has 5 rings (SSSR count). The highest BCUT2D eigenvalue weighted by Crippen LogP contribution is 2.38. The first-order valence-electron chi connectivity index (χ1n) is 12.2. The van der Waals surface area contributed by atoms with Crippen LogP contribution in [-0.2, 0) is 26.7 Å². The van der Waals surface area contributed by atoms with E-state index in [1.807, 2.05) is 13.8 Å². The van der Waals surface area contributed by atoms with Gasteiger partial charge in [-0.3, -0.25) is 9.89 Å². The highest BCUT2D eigenvalue weighted by molar-refractivity contribution is 7.89. The third kappa shape index (κ3) is 5.13. The second-order valence-electron chi connectivity index (χ2n) is 10.1. The van der Waals surface area contributed by atoms with Gasteiger partial charge in [0.25, 0.3) is 5.91 Å². The van der Waals surface area contributed by atoms with Gasteiger partial charge in [0.1, 0.15) is 17.5 Å². The topological polar surface area (TPSA) is 129 Å². The van der Waals surface area contributed by atoms with E-state index in [0.717, 1.165) is 29.3 Å². The van der Waals surface area contributed by atoms with Crippen LogP contribution in [0.3, 0.4) is 0 Å². The first-order valence-corrected chi connectivity index (χ1v) is 13.6. The Morgan fingerprint density at radius 2 is 1.87 bits per heavy atom. The molecule has 4 heterocycles. The van der Waals surface area contributed by atoms with E-state index in [0.29, 0.717) is 41.9 Å². The largest absolute Gasteiger partial charge is 0.381 e. The first-order chi connectivity index (χ1) is 18.0. The van der Waals surface area contributed by atoms with Crippen LogP contribution in [0.2, 0.25) is 0 Å². The second-order valence-corrected chi connectivity index (χ2v) is 12.0. The number of benzene rings is 1. The van der Waals surface area contributed by atoms with Crippen LogP contribution in [0.5, 0.6) is 0 Å². The van der Waals surface area contributed by atoms with Gasteiger partial charge >= 0.3 is 0 Å². The van der Waals surface area contributed by atoms with Crippen LogP contribution in [0.15, 0.2) is 41.4 Å². The molecule has 1 saturated heterocycles. The van der Waals surface area contributed by atoms with Gasteiger partial charge in [-0.1, -0.05) is 13.8 Å². The summed E-state index contributed by atoms with van der Waals surface area (Å²) in [5.41, 5.74) is 0.715. The number of carbonyl (C=O) groups excluding carboxylic acids is 1. The fraction of sp³-hybridized carbons (Fsp3) is 0.400. The van der Waals surface area contributed by atoms with Gasteiger partial charge in [-0.05, 0) is 37.1 Å². The summed E-state index contributed by atoms with van der Waals surface area (Å²) in [6.45, 7) is 4.79. The molecule has 10 nitrogen and oxygen atoms in total. The van der Waals surface area contributed by atoms with Crippen molar-refractivity contribution < 1.29 is 26.7 Å². The number of nitrogens with zero attached hydrogens (tertiary/aromatic N) is 3. The lowest BCUT2D eigenvalue weighted by Gasteiger charge is -2.36. The first kappa shape index (κ1) is 26.2. The molecule has 2 aliphatic rings. The molecule has 3 aromatic rings. The summed E-state index contributed by atoms with van der Waals surface area (Å²) in [6, 6.07) is 5.60. The molecule has 0 spiro atoms. The Morgan fingerprint density at radius 3 is 2.58 bits per heavy atom. The Balaban J connectivity index is 1.42. The van der Waals surface area contributed by atoms with E-state index in [1.54, 1.807) is 18.3 Å². The quantitative estimate of drug-likeness (QED) is 0.432. The van der Waals surface area contributed by atoms with E-state index in [1.165, 1.54) is 0 Å². The molecular formula is C25H28F2N6O4S. The van der Waals surface area contributed by atoms with E-state index in [9.17, 15) is 22.0 Å². The third-order valence-corrected chi connectivity index (χ3v) is 8.54. The number of aromatic amines is 1. The number of halogens is 2. The number of amides is 1. The van der Waals surface area contributed by atoms with Gasteiger partial charge in [0.2, 0.25) is 10.0 Å². The average molecular weight is 547 g/mol. The third-order valence-electron chi connectivity index (χ3n) is 6.77. The standard InChI is InChI=1S/C25H28F2N6O4S/c1-25(2)14-33(38(35,36)18-11-15(26)10-16(27)12-18)13-20-21(25)31-32-23(20)30-24(34)19-4-3-7-28-22(19)29-17-5-8-37-9-6-17/h3-4,7,10-12,17H,5-6,8-9,13-14H2,1-2H3,(H,28,29)(H2,30,31,32,34). The number of H-pyrrole nitrogens is 1.